The summed E-state index contributed by atoms with van der Waals surface area (Å²) in [6.45, 7) is 10.1. The summed E-state index contributed by atoms with van der Waals surface area (Å²) in [6, 6.07) is 1.40. The van der Waals surface area contributed by atoms with Gasteiger partial charge in [-0.2, -0.15) is 0 Å². The average molecular weight is 295 g/mol. The molecule has 0 amide bonds. The predicted octanol–water partition coefficient (Wildman–Crippen LogP) is 2.89. The zero-order valence-corrected chi connectivity index (χ0v) is 13.5. The molecule has 1 aromatic rings. The summed E-state index contributed by atoms with van der Waals surface area (Å²) in [4.78, 5) is 26.4. The fraction of sp³-hybridized carbons (Fsp3) is 0.625. The first-order valence-corrected chi connectivity index (χ1v) is 7.22. The van der Waals surface area contributed by atoms with Crippen molar-refractivity contribution in [3.8, 4) is 5.75 Å². The van der Waals surface area contributed by atoms with Crippen LogP contribution in [0.25, 0.3) is 0 Å². The minimum Gasteiger partial charge on any atom is -0.488 e. The van der Waals surface area contributed by atoms with Crippen LogP contribution < -0.4 is 10.2 Å². The summed E-state index contributed by atoms with van der Waals surface area (Å²) in [6.07, 6.45) is 2.41. The van der Waals surface area contributed by atoms with Crippen molar-refractivity contribution in [2.75, 3.05) is 6.61 Å². The van der Waals surface area contributed by atoms with Crippen LogP contribution in [0.4, 0.5) is 0 Å². The Kier molecular flexibility index (Phi) is 6.00. The summed E-state index contributed by atoms with van der Waals surface area (Å²) in [7, 11) is 0. The summed E-state index contributed by atoms with van der Waals surface area (Å²) < 4.78 is 10.6. The quantitative estimate of drug-likeness (QED) is 0.819. The number of carbonyl (C=O) groups is 1. The number of esters is 1. The second-order valence-electron chi connectivity index (χ2n) is 6.54. The molecule has 0 aliphatic heterocycles. The minimum atomic E-state index is -0.555. The van der Waals surface area contributed by atoms with Gasteiger partial charge < -0.3 is 14.5 Å². The largest absolute Gasteiger partial charge is 0.488 e. The Hall–Kier alpha value is -1.78. The molecular weight excluding hydrogens is 270 g/mol. The van der Waals surface area contributed by atoms with Crippen molar-refractivity contribution < 1.29 is 14.3 Å². The van der Waals surface area contributed by atoms with Crippen molar-refractivity contribution in [1.29, 1.82) is 0 Å². The lowest BCUT2D eigenvalue weighted by Gasteiger charge is -2.16. The van der Waals surface area contributed by atoms with E-state index in [1.54, 1.807) is 20.8 Å². The van der Waals surface area contributed by atoms with Gasteiger partial charge in [0.25, 0.3) is 0 Å². The van der Waals surface area contributed by atoms with E-state index in [4.69, 9.17) is 9.47 Å². The van der Waals surface area contributed by atoms with Gasteiger partial charge in [-0.15, -0.1) is 0 Å². The van der Waals surface area contributed by atoms with E-state index in [0.717, 1.165) is 6.42 Å². The molecule has 5 heteroatoms. The Morgan fingerprint density at radius 1 is 1.33 bits per heavy atom. The maximum atomic E-state index is 11.9. The average Bonchev–Trinajstić information content (AvgIpc) is 2.36. The Bertz CT molecular complexity index is 526. The van der Waals surface area contributed by atoms with Crippen LogP contribution in [-0.2, 0) is 16.1 Å². The van der Waals surface area contributed by atoms with Crippen LogP contribution in [0.2, 0.25) is 0 Å². The highest BCUT2D eigenvalue weighted by Gasteiger charge is 2.23. The molecule has 0 saturated heterocycles. The van der Waals surface area contributed by atoms with E-state index in [-0.39, 0.29) is 18.0 Å². The van der Waals surface area contributed by atoms with Gasteiger partial charge in [-0.3, -0.25) is 9.59 Å². The van der Waals surface area contributed by atoms with E-state index in [0.29, 0.717) is 24.0 Å². The minimum absolute atomic E-state index is 0.0532. The SMILES string of the molecule is CC(C)CCOc1c[nH]c(COC(=O)C(C)(C)C)cc1=O. The highest BCUT2D eigenvalue weighted by Crippen LogP contribution is 2.16. The van der Waals surface area contributed by atoms with E-state index >= 15 is 0 Å². The first-order valence-electron chi connectivity index (χ1n) is 7.22. The molecule has 1 N–H and O–H groups in total. The van der Waals surface area contributed by atoms with Gasteiger partial charge in [0.05, 0.1) is 17.7 Å². The van der Waals surface area contributed by atoms with Crippen molar-refractivity contribution in [2.24, 2.45) is 11.3 Å². The maximum absolute atomic E-state index is 11.9. The number of nitrogens with one attached hydrogen (secondary N) is 1. The van der Waals surface area contributed by atoms with Gasteiger partial charge in [0.15, 0.2) is 5.75 Å². The van der Waals surface area contributed by atoms with Crippen LogP contribution >= 0.6 is 0 Å². The van der Waals surface area contributed by atoms with Crippen molar-refractivity contribution in [1.82, 2.24) is 4.98 Å². The molecule has 0 atom stereocenters. The van der Waals surface area contributed by atoms with E-state index < -0.39 is 5.41 Å². The molecule has 0 bridgehead atoms. The van der Waals surface area contributed by atoms with Gasteiger partial charge in [0.1, 0.15) is 6.61 Å². The van der Waals surface area contributed by atoms with Gasteiger partial charge in [0, 0.05) is 12.3 Å². The van der Waals surface area contributed by atoms with Crippen LogP contribution in [0, 0.1) is 11.3 Å². The molecule has 0 fully saturated rings. The lowest BCUT2D eigenvalue weighted by atomic mass is 9.97. The molecule has 21 heavy (non-hydrogen) atoms. The fourth-order valence-electron chi connectivity index (χ4n) is 1.46. The zero-order valence-electron chi connectivity index (χ0n) is 13.5. The Labute approximate surface area is 125 Å². The molecule has 0 unspecified atom stereocenters. The number of hydrogen-bond donors (Lipinski definition) is 1. The Balaban J connectivity index is 2.58. The van der Waals surface area contributed by atoms with Crippen LogP contribution in [-0.4, -0.2) is 17.6 Å². The molecule has 5 nitrogen and oxygen atoms in total. The van der Waals surface area contributed by atoms with Gasteiger partial charge in [-0.1, -0.05) is 13.8 Å². The van der Waals surface area contributed by atoms with E-state index in [2.05, 4.69) is 18.8 Å². The first kappa shape index (κ1) is 17.3. The highest BCUT2D eigenvalue weighted by molar-refractivity contribution is 5.75. The molecule has 1 rings (SSSR count). The van der Waals surface area contributed by atoms with Gasteiger partial charge in [-0.25, -0.2) is 0 Å². The number of aromatic amines is 1. The standard InChI is InChI=1S/C16H25NO4/c1-11(2)6-7-20-14-9-17-12(8-13(14)18)10-21-15(19)16(3,4)5/h8-9,11H,6-7,10H2,1-5H3,(H,17,18). The summed E-state index contributed by atoms with van der Waals surface area (Å²) in [5, 5.41) is 0. The summed E-state index contributed by atoms with van der Waals surface area (Å²) in [5.74, 6) is 0.516. The number of H-pyrrole nitrogens is 1. The van der Waals surface area contributed by atoms with E-state index in [1.165, 1.54) is 12.3 Å². The number of rotatable bonds is 6. The molecule has 118 valence electrons. The maximum Gasteiger partial charge on any atom is 0.311 e. The number of hydrogen-bond acceptors (Lipinski definition) is 4. The van der Waals surface area contributed by atoms with Crippen molar-refractivity contribution in [3.05, 3.63) is 28.2 Å². The molecular formula is C16H25NO4. The lowest BCUT2D eigenvalue weighted by Crippen LogP contribution is -2.23. The zero-order chi connectivity index (χ0) is 16.0. The number of pyridine rings is 1. The van der Waals surface area contributed by atoms with Crippen LogP contribution in [0.15, 0.2) is 17.1 Å². The molecule has 0 saturated carbocycles. The first-order chi connectivity index (χ1) is 9.70. The van der Waals surface area contributed by atoms with Crippen LogP contribution in [0.1, 0.15) is 46.7 Å². The Morgan fingerprint density at radius 2 is 2.00 bits per heavy atom. The van der Waals surface area contributed by atoms with Crippen molar-refractivity contribution in [3.63, 3.8) is 0 Å². The van der Waals surface area contributed by atoms with Crippen LogP contribution in [0.5, 0.6) is 5.75 Å². The third-order valence-electron chi connectivity index (χ3n) is 2.86. The molecule has 0 spiro atoms. The van der Waals surface area contributed by atoms with Crippen molar-refractivity contribution in [2.45, 2.75) is 47.6 Å². The van der Waals surface area contributed by atoms with Gasteiger partial charge >= 0.3 is 5.97 Å². The topological polar surface area (TPSA) is 68.4 Å². The molecule has 0 aliphatic rings. The smallest absolute Gasteiger partial charge is 0.311 e. The normalized spacial score (nSPS) is 11.5. The predicted molar refractivity (Wildman–Crippen MR) is 81.3 cm³/mol. The van der Waals surface area contributed by atoms with Crippen LogP contribution in [0.3, 0.4) is 0 Å². The third kappa shape index (κ3) is 6.02. The highest BCUT2D eigenvalue weighted by atomic mass is 16.5. The summed E-state index contributed by atoms with van der Waals surface area (Å²) in [5.41, 5.74) is -0.215. The second-order valence-corrected chi connectivity index (χ2v) is 6.54. The van der Waals surface area contributed by atoms with E-state index in [9.17, 15) is 9.59 Å². The molecule has 0 aliphatic carbocycles. The number of aromatic nitrogens is 1. The second kappa shape index (κ2) is 7.29. The summed E-state index contributed by atoms with van der Waals surface area (Å²) >= 11 is 0. The fourth-order valence-corrected chi connectivity index (χ4v) is 1.46. The molecule has 1 aromatic heterocycles. The number of ether oxygens (including phenoxy) is 2. The number of carbonyl (C=O) groups excluding carboxylic acids is 1. The Morgan fingerprint density at radius 3 is 2.52 bits per heavy atom. The molecule has 0 radical (unpaired) electrons. The monoisotopic (exact) mass is 295 g/mol. The molecule has 0 aromatic carbocycles. The van der Waals surface area contributed by atoms with Crippen molar-refractivity contribution >= 4 is 5.97 Å². The third-order valence-corrected chi connectivity index (χ3v) is 2.86. The van der Waals surface area contributed by atoms with E-state index in [1.807, 2.05) is 0 Å². The lowest BCUT2D eigenvalue weighted by molar-refractivity contribution is -0.154. The molecule has 1 heterocycles. The van der Waals surface area contributed by atoms with Gasteiger partial charge in [0.2, 0.25) is 5.43 Å². The van der Waals surface area contributed by atoms with Gasteiger partial charge in [-0.05, 0) is 33.1 Å².